The number of imidazole rings is 1. The van der Waals surface area contributed by atoms with Gasteiger partial charge in [0.05, 0.1) is 5.69 Å². The van der Waals surface area contributed by atoms with Gasteiger partial charge in [-0.1, -0.05) is 24.3 Å². The van der Waals surface area contributed by atoms with E-state index in [-0.39, 0.29) is 0 Å². The predicted octanol–water partition coefficient (Wildman–Crippen LogP) is 1.90. The lowest BCUT2D eigenvalue weighted by atomic mass is 10.1. The summed E-state index contributed by atoms with van der Waals surface area (Å²) in [5, 5.41) is 0. The zero-order valence-corrected chi connectivity index (χ0v) is 9.95. The summed E-state index contributed by atoms with van der Waals surface area (Å²) in [6, 6.07) is 10.4. The third-order valence-corrected chi connectivity index (χ3v) is 2.99. The number of hydrogen-bond acceptors (Lipinski definition) is 3. The van der Waals surface area contributed by atoms with Crippen LogP contribution in [0.1, 0.15) is 5.56 Å². The molecule has 0 aliphatic carbocycles. The van der Waals surface area contributed by atoms with Gasteiger partial charge in [-0.25, -0.2) is 9.97 Å². The van der Waals surface area contributed by atoms with Crippen LogP contribution in [-0.4, -0.2) is 20.9 Å². The van der Waals surface area contributed by atoms with Gasteiger partial charge in [0.25, 0.3) is 0 Å². The zero-order chi connectivity index (χ0) is 12.4. The van der Waals surface area contributed by atoms with Crippen LogP contribution in [0, 0.1) is 0 Å². The monoisotopic (exact) mass is 238 g/mol. The Morgan fingerprint density at radius 2 is 1.78 bits per heavy atom. The summed E-state index contributed by atoms with van der Waals surface area (Å²) in [4.78, 5) is 8.40. The molecular formula is C14H14N4. The fourth-order valence-corrected chi connectivity index (χ4v) is 2.08. The molecule has 0 amide bonds. The highest BCUT2D eigenvalue weighted by atomic mass is 15.1. The highest BCUT2D eigenvalue weighted by Crippen LogP contribution is 2.20. The number of nitrogens with two attached hydrogens (primary N) is 1. The largest absolute Gasteiger partial charge is 0.330 e. The molecule has 90 valence electrons. The van der Waals surface area contributed by atoms with Gasteiger partial charge in [0.2, 0.25) is 5.78 Å². The number of aromatic nitrogens is 3. The van der Waals surface area contributed by atoms with E-state index in [1.54, 1.807) is 12.4 Å². The van der Waals surface area contributed by atoms with Crippen molar-refractivity contribution in [2.75, 3.05) is 6.54 Å². The number of fused-ring (bicyclic) bond motifs is 1. The van der Waals surface area contributed by atoms with E-state index in [0.29, 0.717) is 6.54 Å². The van der Waals surface area contributed by atoms with Crippen LogP contribution in [-0.2, 0) is 6.42 Å². The molecule has 2 heterocycles. The van der Waals surface area contributed by atoms with E-state index in [1.165, 1.54) is 5.56 Å². The first-order valence-corrected chi connectivity index (χ1v) is 5.96. The molecule has 2 N–H and O–H groups in total. The molecule has 3 rings (SSSR count). The second-order valence-electron chi connectivity index (χ2n) is 4.16. The van der Waals surface area contributed by atoms with Crippen LogP contribution in [0.3, 0.4) is 0 Å². The highest BCUT2D eigenvalue weighted by molar-refractivity contribution is 5.62. The maximum absolute atomic E-state index is 5.55. The minimum Gasteiger partial charge on any atom is -0.330 e. The average molecular weight is 238 g/mol. The van der Waals surface area contributed by atoms with Crippen LogP contribution in [0.2, 0.25) is 0 Å². The molecule has 0 unspecified atom stereocenters. The van der Waals surface area contributed by atoms with Gasteiger partial charge in [0, 0.05) is 18.6 Å². The summed E-state index contributed by atoms with van der Waals surface area (Å²) < 4.78 is 1.98. The molecule has 0 aliphatic heterocycles. The standard InChI is InChI=1S/C14H14N4/c15-7-5-11-1-3-12(4-2-11)13-6-8-16-14-17-9-10-18(13)14/h1-4,6,8-10H,5,7,15H2. The Morgan fingerprint density at radius 1 is 1.00 bits per heavy atom. The van der Waals surface area contributed by atoms with Crippen LogP contribution in [0.25, 0.3) is 17.0 Å². The molecule has 0 saturated carbocycles. The molecular weight excluding hydrogens is 224 g/mol. The van der Waals surface area contributed by atoms with Gasteiger partial charge in [-0.2, -0.15) is 0 Å². The van der Waals surface area contributed by atoms with E-state index in [4.69, 9.17) is 5.73 Å². The molecule has 1 aromatic carbocycles. The van der Waals surface area contributed by atoms with Crippen molar-refractivity contribution in [2.45, 2.75) is 6.42 Å². The molecule has 3 aromatic rings. The molecule has 2 aromatic heterocycles. The van der Waals surface area contributed by atoms with E-state index >= 15 is 0 Å². The summed E-state index contributed by atoms with van der Waals surface area (Å²) in [6.45, 7) is 0.681. The molecule has 0 atom stereocenters. The van der Waals surface area contributed by atoms with Crippen molar-refractivity contribution >= 4 is 5.78 Å². The third kappa shape index (κ3) is 1.87. The smallest absolute Gasteiger partial charge is 0.234 e. The van der Waals surface area contributed by atoms with E-state index in [2.05, 4.69) is 34.2 Å². The first kappa shape index (κ1) is 10.9. The number of hydrogen-bond donors (Lipinski definition) is 1. The summed E-state index contributed by atoms with van der Waals surface area (Å²) in [6.07, 6.45) is 6.38. The molecule has 4 heteroatoms. The summed E-state index contributed by atoms with van der Waals surface area (Å²) in [5.74, 6) is 0.721. The molecule has 0 aliphatic rings. The van der Waals surface area contributed by atoms with Crippen molar-refractivity contribution in [3.8, 4) is 11.3 Å². The van der Waals surface area contributed by atoms with E-state index in [0.717, 1.165) is 23.5 Å². The number of rotatable bonds is 3. The first-order chi connectivity index (χ1) is 8.88. The number of benzene rings is 1. The number of nitrogens with zero attached hydrogens (tertiary/aromatic N) is 3. The van der Waals surface area contributed by atoms with Crippen molar-refractivity contribution < 1.29 is 0 Å². The Morgan fingerprint density at radius 3 is 2.56 bits per heavy atom. The Labute approximate surface area is 105 Å². The second-order valence-corrected chi connectivity index (χ2v) is 4.16. The van der Waals surface area contributed by atoms with Crippen molar-refractivity contribution in [1.82, 2.24) is 14.4 Å². The van der Waals surface area contributed by atoms with Crippen molar-refractivity contribution in [2.24, 2.45) is 5.73 Å². The van der Waals surface area contributed by atoms with Gasteiger partial charge in [-0.3, -0.25) is 4.40 Å². The maximum Gasteiger partial charge on any atom is 0.234 e. The fourth-order valence-electron chi connectivity index (χ4n) is 2.08. The highest BCUT2D eigenvalue weighted by Gasteiger charge is 2.04. The van der Waals surface area contributed by atoms with Gasteiger partial charge in [0.15, 0.2) is 0 Å². The van der Waals surface area contributed by atoms with Crippen molar-refractivity contribution in [3.05, 3.63) is 54.5 Å². The molecule has 18 heavy (non-hydrogen) atoms. The van der Waals surface area contributed by atoms with Crippen LogP contribution in [0.5, 0.6) is 0 Å². The summed E-state index contributed by atoms with van der Waals surface area (Å²) in [7, 11) is 0. The normalized spacial score (nSPS) is 10.9. The molecule has 0 saturated heterocycles. The lowest BCUT2D eigenvalue weighted by Crippen LogP contribution is -2.02. The maximum atomic E-state index is 5.55. The molecule has 0 radical (unpaired) electrons. The van der Waals surface area contributed by atoms with Gasteiger partial charge in [-0.05, 0) is 30.2 Å². The van der Waals surface area contributed by atoms with Crippen molar-refractivity contribution in [3.63, 3.8) is 0 Å². The lowest BCUT2D eigenvalue weighted by Gasteiger charge is -2.06. The summed E-state index contributed by atoms with van der Waals surface area (Å²) in [5.41, 5.74) is 9.06. The quantitative estimate of drug-likeness (QED) is 0.758. The SMILES string of the molecule is NCCc1ccc(-c2ccnc3nccn23)cc1. The zero-order valence-electron chi connectivity index (χ0n) is 9.95. The van der Waals surface area contributed by atoms with Crippen LogP contribution < -0.4 is 5.73 Å². The van der Waals surface area contributed by atoms with Crippen LogP contribution in [0.15, 0.2) is 48.9 Å². The van der Waals surface area contributed by atoms with Gasteiger partial charge >= 0.3 is 0 Å². The van der Waals surface area contributed by atoms with Gasteiger partial charge in [-0.15, -0.1) is 0 Å². The van der Waals surface area contributed by atoms with Gasteiger partial charge < -0.3 is 5.73 Å². The van der Waals surface area contributed by atoms with Crippen molar-refractivity contribution in [1.29, 1.82) is 0 Å². The van der Waals surface area contributed by atoms with Gasteiger partial charge in [0.1, 0.15) is 0 Å². The topological polar surface area (TPSA) is 56.2 Å². The Hall–Kier alpha value is -2.20. The average Bonchev–Trinajstić information content (AvgIpc) is 2.88. The molecule has 0 spiro atoms. The van der Waals surface area contributed by atoms with E-state index < -0.39 is 0 Å². The predicted molar refractivity (Wildman–Crippen MR) is 71.2 cm³/mol. The third-order valence-electron chi connectivity index (χ3n) is 2.99. The molecule has 0 bridgehead atoms. The Kier molecular flexibility index (Phi) is 2.78. The molecule has 4 nitrogen and oxygen atoms in total. The Bertz CT molecular complexity index is 655. The second kappa shape index (κ2) is 4.58. The van der Waals surface area contributed by atoms with E-state index in [1.807, 2.05) is 16.7 Å². The first-order valence-electron chi connectivity index (χ1n) is 5.96. The lowest BCUT2D eigenvalue weighted by molar-refractivity contribution is 0.969. The minimum absolute atomic E-state index is 0.681. The van der Waals surface area contributed by atoms with E-state index in [9.17, 15) is 0 Å². The van der Waals surface area contributed by atoms with Crippen LogP contribution in [0.4, 0.5) is 0 Å². The Balaban J connectivity index is 2.06. The molecule has 0 fully saturated rings. The van der Waals surface area contributed by atoms with Crippen LogP contribution >= 0.6 is 0 Å². The summed E-state index contributed by atoms with van der Waals surface area (Å²) >= 11 is 0. The fraction of sp³-hybridized carbons (Fsp3) is 0.143. The minimum atomic E-state index is 0.681.